The molecular formula is C8H10F3N3. The summed E-state index contributed by atoms with van der Waals surface area (Å²) < 4.78 is 38.5. The fraction of sp³-hybridized carbons (Fsp3) is 0.625. The summed E-state index contributed by atoms with van der Waals surface area (Å²) >= 11 is 0. The maximum atomic E-state index is 12.4. The van der Waals surface area contributed by atoms with Crippen molar-refractivity contribution in [2.45, 2.75) is 32.2 Å². The van der Waals surface area contributed by atoms with E-state index < -0.39 is 12.0 Å². The van der Waals surface area contributed by atoms with Crippen molar-refractivity contribution in [1.29, 1.82) is 0 Å². The molecule has 1 aromatic rings. The third kappa shape index (κ3) is 1.50. The molecule has 0 aliphatic carbocycles. The molecule has 2 heterocycles. The van der Waals surface area contributed by atoms with Crippen molar-refractivity contribution in [3.63, 3.8) is 0 Å². The van der Waals surface area contributed by atoms with E-state index in [-0.39, 0.29) is 6.04 Å². The molecule has 0 saturated carbocycles. The van der Waals surface area contributed by atoms with Crippen LogP contribution >= 0.6 is 0 Å². The Kier molecular flexibility index (Phi) is 2.02. The van der Waals surface area contributed by atoms with E-state index in [1.165, 1.54) is 10.8 Å². The van der Waals surface area contributed by atoms with E-state index in [4.69, 9.17) is 0 Å². The number of alkyl halides is 3. The number of halogens is 3. The SMILES string of the molecule is C[C@@H]1Cn2c(cnc2C(F)(F)F)CN1. The summed E-state index contributed by atoms with van der Waals surface area (Å²) in [5.74, 6) is -0.791. The summed E-state index contributed by atoms with van der Waals surface area (Å²) in [5.41, 5.74) is 0.593. The van der Waals surface area contributed by atoms with Crippen LogP contribution in [0.4, 0.5) is 13.2 Å². The van der Waals surface area contributed by atoms with E-state index >= 15 is 0 Å². The van der Waals surface area contributed by atoms with Crippen molar-refractivity contribution in [2.24, 2.45) is 0 Å². The molecule has 0 aromatic carbocycles. The quantitative estimate of drug-likeness (QED) is 0.693. The lowest BCUT2D eigenvalue weighted by Gasteiger charge is -2.24. The summed E-state index contributed by atoms with van der Waals surface area (Å²) in [6.45, 7) is 2.62. The molecule has 6 heteroatoms. The van der Waals surface area contributed by atoms with Crippen LogP contribution in [0, 0.1) is 0 Å². The highest BCUT2D eigenvalue weighted by atomic mass is 19.4. The zero-order chi connectivity index (χ0) is 10.3. The summed E-state index contributed by atoms with van der Waals surface area (Å²) in [5, 5.41) is 3.07. The van der Waals surface area contributed by atoms with Gasteiger partial charge in [0.25, 0.3) is 0 Å². The van der Waals surface area contributed by atoms with Crippen molar-refractivity contribution in [2.75, 3.05) is 0 Å². The molecule has 1 aliphatic rings. The van der Waals surface area contributed by atoms with Crippen LogP contribution in [-0.2, 0) is 19.3 Å². The minimum atomic E-state index is -4.35. The Morgan fingerprint density at radius 1 is 1.57 bits per heavy atom. The number of rotatable bonds is 0. The van der Waals surface area contributed by atoms with Crippen LogP contribution in [0.5, 0.6) is 0 Å². The molecule has 78 valence electrons. The van der Waals surface area contributed by atoms with Crippen LogP contribution in [-0.4, -0.2) is 15.6 Å². The Morgan fingerprint density at radius 3 is 2.93 bits per heavy atom. The van der Waals surface area contributed by atoms with Gasteiger partial charge in [0.2, 0.25) is 5.82 Å². The molecule has 2 rings (SSSR count). The second kappa shape index (κ2) is 2.98. The zero-order valence-electron chi connectivity index (χ0n) is 7.60. The van der Waals surface area contributed by atoms with Crippen LogP contribution in [0.2, 0.25) is 0 Å². The number of fused-ring (bicyclic) bond motifs is 1. The van der Waals surface area contributed by atoms with E-state index in [1.807, 2.05) is 6.92 Å². The van der Waals surface area contributed by atoms with Crippen LogP contribution in [0.15, 0.2) is 6.20 Å². The number of nitrogens with one attached hydrogen (secondary N) is 1. The first kappa shape index (κ1) is 9.51. The fourth-order valence-corrected chi connectivity index (χ4v) is 1.60. The number of hydrogen-bond acceptors (Lipinski definition) is 2. The van der Waals surface area contributed by atoms with E-state index in [9.17, 15) is 13.2 Å². The van der Waals surface area contributed by atoms with Crippen molar-refractivity contribution < 1.29 is 13.2 Å². The van der Waals surface area contributed by atoms with Crippen LogP contribution in [0.1, 0.15) is 18.4 Å². The van der Waals surface area contributed by atoms with Gasteiger partial charge in [-0.15, -0.1) is 0 Å². The molecule has 1 aliphatic heterocycles. The number of imidazole rings is 1. The second-order valence-electron chi connectivity index (χ2n) is 3.46. The maximum absolute atomic E-state index is 12.4. The molecular weight excluding hydrogens is 195 g/mol. The lowest BCUT2D eigenvalue weighted by molar-refractivity contribution is -0.147. The standard InChI is InChI=1S/C8H10F3N3/c1-5-4-14-6(2-12-5)3-13-7(14)8(9,10)11/h3,5,12H,2,4H2,1H3/t5-/m1/s1. The van der Waals surface area contributed by atoms with Crippen molar-refractivity contribution in [3.8, 4) is 0 Å². The van der Waals surface area contributed by atoms with E-state index in [0.29, 0.717) is 18.8 Å². The summed E-state index contributed by atoms with van der Waals surface area (Å²) in [6, 6.07) is 0.0535. The van der Waals surface area contributed by atoms with Crippen molar-refractivity contribution in [1.82, 2.24) is 14.9 Å². The zero-order valence-corrected chi connectivity index (χ0v) is 7.60. The number of hydrogen-bond donors (Lipinski definition) is 1. The normalized spacial score (nSPS) is 22.1. The topological polar surface area (TPSA) is 29.9 Å². The van der Waals surface area contributed by atoms with E-state index in [0.717, 1.165) is 0 Å². The van der Waals surface area contributed by atoms with Gasteiger partial charge in [0, 0.05) is 19.1 Å². The summed E-state index contributed by atoms with van der Waals surface area (Å²) in [6.07, 6.45) is -3.07. The average molecular weight is 205 g/mol. The molecule has 1 N–H and O–H groups in total. The van der Waals surface area contributed by atoms with Gasteiger partial charge < -0.3 is 9.88 Å². The minimum absolute atomic E-state index is 0.0535. The van der Waals surface area contributed by atoms with Gasteiger partial charge in [-0.2, -0.15) is 13.2 Å². The largest absolute Gasteiger partial charge is 0.449 e. The molecule has 3 nitrogen and oxygen atoms in total. The van der Waals surface area contributed by atoms with Gasteiger partial charge in [0.05, 0.1) is 11.9 Å². The van der Waals surface area contributed by atoms with Crippen LogP contribution in [0.25, 0.3) is 0 Å². The molecule has 0 bridgehead atoms. The van der Waals surface area contributed by atoms with Gasteiger partial charge in [-0.1, -0.05) is 0 Å². The maximum Gasteiger partial charge on any atom is 0.449 e. The van der Waals surface area contributed by atoms with Crippen LogP contribution < -0.4 is 5.32 Å². The Hall–Kier alpha value is -1.04. The first-order valence-electron chi connectivity index (χ1n) is 4.33. The van der Waals surface area contributed by atoms with Crippen molar-refractivity contribution >= 4 is 0 Å². The first-order valence-corrected chi connectivity index (χ1v) is 4.33. The molecule has 0 spiro atoms. The highest BCUT2D eigenvalue weighted by Gasteiger charge is 2.38. The monoisotopic (exact) mass is 205 g/mol. The Morgan fingerprint density at radius 2 is 2.29 bits per heavy atom. The average Bonchev–Trinajstić information content (AvgIpc) is 2.45. The third-order valence-corrected chi connectivity index (χ3v) is 2.28. The summed E-state index contributed by atoms with van der Waals surface area (Å²) in [7, 11) is 0. The van der Waals surface area contributed by atoms with Gasteiger partial charge in [-0.3, -0.25) is 0 Å². The highest BCUT2D eigenvalue weighted by Crippen LogP contribution is 2.29. The summed E-state index contributed by atoms with van der Waals surface area (Å²) in [4.78, 5) is 3.40. The molecule has 0 saturated heterocycles. The van der Waals surface area contributed by atoms with Crippen LogP contribution in [0.3, 0.4) is 0 Å². The molecule has 0 amide bonds. The molecule has 0 radical (unpaired) electrons. The molecule has 0 unspecified atom stereocenters. The number of aromatic nitrogens is 2. The predicted octanol–water partition coefficient (Wildman–Crippen LogP) is 1.39. The third-order valence-electron chi connectivity index (χ3n) is 2.28. The fourth-order valence-electron chi connectivity index (χ4n) is 1.60. The van der Waals surface area contributed by atoms with E-state index in [1.54, 1.807) is 0 Å². The van der Waals surface area contributed by atoms with E-state index in [2.05, 4.69) is 10.3 Å². The van der Waals surface area contributed by atoms with Gasteiger partial charge in [0.1, 0.15) is 0 Å². The van der Waals surface area contributed by atoms with Gasteiger partial charge >= 0.3 is 6.18 Å². The van der Waals surface area contributed by atoms with Gasteiger partial charge in [-0.25, -0.2) is 4.98 Å². The Balaban J connectivity index is 2.41. The number of nitrogens with zero attached hydrogens (tertiary/aromatic N) is 2. The second-order valence-corrected chi connectivity index (χ2v) is 3.46. The molecule has 1 aromatic heterocycles. The highest BCUT2D eigenvalue weighted by molar-refractivity contribution is 5.10. The van der Waals surface area contributed by atoms with Gasteiger partial charge in [0.15, 0.2) is 0 Å². The van der Waals surface area contributed by atoms with Gasteiger partial charge in [-0.05, 0) is 6.92 Å². The Bertz CT molecular complexity index is 342. The molecule has 14 heavy (non-hydrogen) atoms. The Labute approximate surface area is 78.9 Å². The van der Waals surface area contributed by atoms with Crippen molar-refractivity contribution in [3.05, 3.63) is 17.7 Å². The molecule has 1 atom stereocenters. The smallest absolute Gasteiger partial charge is 0.322 e. The molecule has 0 fully saturated rings. The predicted molar refractivity (Wildman–Crippen MR) is 43.5 cm³/mol. The minimum Gasteiger partial charge on any atom is -0.322 e. The lowest BCUT2D eigenvalue weighted by atomic mass is 10.2. The lowest BCUT2D eigenvalue weighted by Crippen LogP contribution is -2.37. The first-order chi connectivity index (χ1) is 6.48.